The van der Waals surface area contributed by atoms with Gasteiger partial charge >= 0.3 is 11.9 Å². The van der Waals surface area contributed by atoms with Gasteiger partial charge in [0.05, 0.1) is 11.1 Å². The maximum absolute atomic E-state index is 14.6. The van der Waals surface area contributed by atoms with Crippen LogP contribution in [0.15, 0.2) is 35.1 Å². The molecule has 1 fully saturated rings. The number of rotatable bonds is 5. The summed E-state index contributed by atoms with van der Waals surface area (Å²) in [5, 5.41) is 9.34. The highest BCUT2D eigenvalue weighted by atomic mass is 19.4. The molecule has 7 nitrogen and oxygen atoms in total. The van der Waals surface area contributed by atoms with E-state index in [0.29, 0.717) is 48.8 Å². The van der Waals surface area contributed by atoms with Crippen molar-refractivity contribution in [1.82, 2.24) is 19.4 Å². The molecule has 2 atom stereocenters. The number of anilines is 1. The summed E-state index contributed by atoms with van der Waals surface area (Å²) in [5.74, 6) is -0.488. The van der Waals surface area contributed by atoms with E-state index >= 15 is 0 Å². The summed E-state index contributed by atoms with van der Waals surface area (Å²) in [5.41, 5.74) is -0.0446. The molecule has 1 saturated heterocycles. The van der Waals surface area contributed by atoms with Crippen LogP contribution in [0.25, 0.3) is 11.0 Å². The van der Waals surface area contributed by atoms with Gasteiger partial charge in [-0.3, -0.25) is 9.47 Å². The van der Waals surface area contributed by atoms with E-state index in [0.717, 1.165) is 6.07 Å². The second-order valence-corrected chi connectivity index (χ2v) is 8.96. The van der Waals surface area contributed by atoms with Gasteiger partial charge in [-0.25, -0.2) is 14.2 Å². The Labute approximate surface area is 205 Å². The van der Waals surface area contributed by atoms with Crippen LogP contribution in [0.4, 0.5) is 23.4 Å². The molecular weight excluding hydrogens is 476 g/mol. The van der Waals surface area contributed by atoms with Crippen LogP contribution >= 0.6 is 0 Å². The first-order valence-electron chi connectivity index (χ1n) is 11.7. The number of hydrogen-bond acceptors (Lipinski definition) is 6. The number of pyridine rings is 1. The molecule has 0 N–H and O–H groups in total. The van der Waals surface area contributed by atoms with Gasteiger partial charge in [-0.2, -0.15) is 23.4 Å². The Balaban J connectivity index is 1.69. The third-order valence-electron chi connectivity index (χ3n) is 6.83. The lowest BCUT2D eigenvalue weighted by Crippen LogP contribution is -2.58. The summed E-state index contributed by atoms with van der Waals surface area (Å²) in [6.07, 6.45) is -3.24. The molecule has 0 aliphatic carbocycles. The lowest BCUT2D eigenvalue weighted by molar-refractivity contribution is -0.137. The summed E-state index contributed by atoms with van der Waals surface area (Å²) < 4.78 is 54.8. The second-order valence-electron chi connectivity index (χ2n) is 8.96. The number of nitrogens with zero attached hydrogens (tertiary/aromatic N) is 6. The van der Waals surface area contributed by atoms with Crippen LogP contribution in [-0.2, 0) is 19.8 Å². The molecule has 190 valence electrons. The zero-order chi connectivity index (χ0) is 26.2. The highest BCUT2D eigenvalue weighted by molar-refractivity contribution is 5.86. The SMILES string of the molecule is CCC1CN(Cc2ccc(C(F)(F)F)cc2F)[C@H](CC)CN1c1nc(=O)n(C)c2ccc(C#N)nc12. The molecule has 3 aromatic rings. The molecule has 2 aromatic heterocycles. The minimum absolute atomic E-state index is 0.0745. The van der Waals surface area contributed by atoms with E-state index in [4.69, 9.17) is 0 Å². The van der Waals surface area contributed by atoms with E-state index in [1.807, 2.05) is 24.8 Å². The van der Waals surface area contributed by atoms with Crippen molar-refractivity contribution < 1.29 is 17.6 Å². The van der Waals surface area contributed by atoms with Crippen molar-refractivity contribution in [2.24, 2.45) is 7.05 Å². The average Bonchev–Trinajstić information content (AvgIpc) is 2.86. The molecule has 0 spiro atoms. The molecule has 3 heterocycles. The molecule has 0 amide bonds. The largest absolute Gasteiger partial charge is 0.416 e. The van der Waals surface area contributed by atoms with Gasteiger partial charge in [-0.05, 0) is 37.1 Å². The van der Waals surface area contributed by atoms with Crippen LogP contribution < -0.4 is 10.6 Å². The van der Waals surface area contributed by atoms with Gasteiger partial charge in [0.2, 0.25) is 0 Å². The lowest BCUT2D eigenvalue weighted by Gasteiger charge is -2.47. The first-order valence-corrected chi connectivity index (χ1v) is 11.7. The maximum atomic E-state index is 14.6. The normalized spacial score (nSPS) is 19.0. The zero-order valence-electron chi connectivity index (χ0n) is 20.2. The summed E-state index contributed by atoms with van der Waals surface area (Å²) in [4.78, 5) is 25.5. The van der Waals surface area contributed by atoms with E-state index in [-0.39, 0.29) is 29.9 Å². The van der Waals surface area contributed by atoms with Crippen LogP contribution in [0.1, 0.15) is 43.5 Å². The Bertz CT molecular complexity index is 1380. The van der Waals surface area contributed by atoms with Gasteiger partial charge in [0.1, 0.15) is 23.1 Å². The number of alkyl halides is 3. The molecule has 1 aromatic carbocycles. The van der Waals surface area contributed by atoms with Gasteiger partial charge in [-0.1, -0.05) is 19.9 Å². The molecule has 0 bridgehead atoms. The molecular formula is C25H26F4N6O. The Kier molecular flexibility index (Phi) is 7.00. The number of benzene rings is 1. The first-order chi connectivity index (χ1) is 17.1. The fourth-order valence-electron chi connectivity index (χ4n) is 4.74. The van der Waals surface area contributed by atoms with E-state index < -0.39 is 23.2 Å². The van der Waals surface area contributed by atoms with E-state index in [1.165, 1.54) is 10.6 Å². The number of aromatic nitrogens is 3. The topological polar surface area (TPSA) is 78.0 Å². The predicted octanol–water partition coefficient (Wildman–Crippen LogP) is 4.24. The van der Waals surface area contributed by atoms with Gasteiger partial charge < -0.3 is 4.90 Å². The molecule has 0 radical (unpaired) electrons. The van der Waals surface area contributed by atoms with E-state index in [9.17, 15) is 27.6 Å². The smallest absolute Gasteiger partial charge is 0.349 e. The number of fused-ring (bicyclic) bond motifs is 1. The Morgan fingerprint density at radius 3 is 2.42 bits per heavy atom. The number of piperazine rings is 1. The van der Waals surface area contributed by atoms with Crippen molar-refractivity contribution in [3.63, 3.8) is 0 Å². The fraction of sp³-hybridized carbons (Fsp3) is 0.440. The van der Waals surface area contributed by atoms with Gasteiger partial charge in [-0.15, -0.1) is 0 Å². The van der Waals surface area contributed by atoms with Gasteiger partial charge in [0.25, 0.3) is 0 Å². The quantitative estimate of drug-likeness (QED) is 0.486. The average molecular weight is 503 g/mol. The van der Waals surface area contributed by atoms with Crippen LogP contribution in [0.3, 0.4) is 0 Å². The second kappa shape index (κ2) is 9.85. The molecule has 11 heteroatoms. The van der Waals surface area contributed by atoms with Crippen LogP contribution in [0.5, 0.6) is 0 Å². The van der Waals surface area contributed by atoms with Crippen molar-refractivity contribution in [3.8, 4) is 6.07 Å². The van der Waals surface area contributed by atoms with Crippen LogP contribution in [0.2, 0.25) is 0 Å². The summed E-state index contributed by atoms with van der Waals surface area (Å²) in [6, 6.07) is 7.70. The molecule has 1 aliphatic heterocycles. The highest BCUT2D eigenvalue weighted by Crippen LogP contribution is 2.32. The van der Waals surface area contributed by atoms with Crippen LogP contribution in [0, 0.1) is 17.1 Å². The minimum Gasteiger partial charge on any atom is -0.349 e. The summed E-state index contributed by atoms with van der Waals surface area (Å²) in [6.45, 7) is 5.08. The van der Waals surface area contributed by atoms with Crippen molar-refractivity contribution in [3.05, 3.63) is 63.5 Å². The number of nitriles is 1. The zero-order valence-corrected chi connectivity index (χ0v) is 20.2. The molecule has 1 unspecified atom stereocenters. The molecule has 1 aliphatic rings. The van der Waals surface area contributed by atoms with Gasteiger partial charge in [0, 0.05) is 44.3 Å². The summed E-state index contributed by atoms with van der Waals surface area (Å²) >= 11 is 0. The number of hydrogen-bond donors (Lipinski definition) is 0. The van der Waals surface area contributed by atoms with Crippen molar-refractivity contribution in [2.75, 3.05) is 18.0 Å². The van der Waals surface area contributed by atoms with E-state index in [1.54, 1.807) is 19.2 Å². The monoisotopic (exact) mass is 502 g/mol. The van der Waals surface area contributed by atoms with E-state index in [2.05, 4.69) is 14.9 Å². The Morgan fingerprint density at radius 1 is 1.08 bits per heavy atom. The minimum atomic E-state index is -4.60. The third-order valence-corrected chi connectivity index (χ3v) is 6.83. The molecule has 0 saturated carbocycles. The van der Waals surface area contributed by atoms with Gasteiger partial charge in [0.15, 0.2) is 5.82 Å². The Morgan fingerprint density at radius 2 is 1.81 bits per heavy atom. The van der Waals surface area contributed by atoms with Crippen molar-refractivity contribution in [1.29, 1.82) is 5.26 Å². The predicted molar refractivity (Wildman–Crippen MR) is 127 cm³/mol. The standard InChI is InChI=1S/C25H26F4N6O/c1-4-18-14-35(23-22-21(33(3)24(36)32-23)9-8-17(11-30)31-22)19(5-2)13-34(18)12-15-6-7-16(10-20(15)26)25(27,28)29/h6-10,18-19H,4-5,12-14H2,1-3H3/t18-,19?/m1/s1. The maximum Gasteiger partial charge on any atom is 0.416 e. The Hall–Kier alpha value is -3.52. The number of halogens is 4. The fourth-order valence-corrected chi connectivity index (χ4v) is 4.74. The molecule has 4 rings (SSSR count). The first kappa shape index (κ1) is 25.6. The van der Waals surface area contributed by atoms with Crippen molar-refractivity contribution >= 4 is 16.9 Å². The van der Waals surface area contributed by atoms with Crippen molar-refractivity contribution in [2.45, 2.75) is 51.5 Å². The highest BCUT2D eigenvalue weighted by Gasteiger charge is 2.35. The van der Waals surface area contributed by atoms with Crippen LogP contribution in [-0.4, -0.2) is 44.6 Å². The molecule has 36 heavy (non-hydrogen) atoms. The lowest BCUT2D eigenvalue weighted by atomic mass is 10.0. The third kappa shape index (κ3) is 4.78. The number of aryl methyl sites for hydroxylation is 1. The summed E-state index contributed by atoms with van der Waals surface area (Å²) in [7, 11) is 1.60.